The molecule has 5 aromatic rings. The average Bonchev–Trinajstić information content (AvgIpc) is 3.24. The molecular formula is C32H31ClN4O2. The molecule has 0 bridgehead atoms. The van der Waals surface area contributed by atoms with Crippen molar-refractivity contribution in [3.8, 4) is 11.1 Å². The van der Waals surface area contributed by atoms with E-state index in [1.807, 2.05) is 45.0 Å². The fraction of sp³-hybridized carbons (Fsp3) is 0.219. The third-order valence-electron chi connectivity index (χ3n) is 6.60. The van der Waals surface area contributed by atoms with Gasteiger partial charge in [-0.2, -0.15) is 0 Å². The molecule has 6 nitrogen and oxygen atoms in total. The van der Waals surface area contributed by atoms with Gasteiger partial charge in [0, 0.05) is 17.8 Å². The number of nitrogens with zero attached hydrogens (tertiary/aromatic N) is 3. The molecule has 3 aromatic carbocycles. The Labute approximate surface area is 233 Å². The number of esters is 1. The second-order valence-corrected chi connectivity index (χ2v) is 10.3. The summed E-state index contributed by atoms with van der Waals surface area (Å²) in [6, 6.07) is 24.1. The number of ether oxygens (including phenoxy) is 1. The van der Waals surface area contributed by atoms with E-state index in [1.54, 1.807) is 18.3 Å². The maximum absolute atomic E-state index is 12.3. The van der Waals surface area contributed by atoms with Crippen LogP contribution in [0.5, 0.6) is 0 Å². The summed E-state index contributed by atoms with van der Waals surface area (Å²) in [5, 5.41) is 4.07. The van der Waals surface area contributed by atoms with Crippen molar-refractivity contribution >= 4 is 34.4 Å². The van der Waals surface area contributed by atoms with Gasteiger partial charge in [0.25, 0.3) is 0 Å². The maximum Gasteiger partial charge on any atom is 0.338 e. The van der Waals surface area contributed by atoms with Crippen LogP contribution in [0.25, 0.3) is 22.2 Å². The monoisotopic (exact) mass is 538 g/mol. The van der Waals surface area contributed by atoms with Gasteiger partial charge in [0.05, 0.1) is 29.2 Å². The summed E-state index contributed by atoms with van der Waals surface area (Å²) in [6.45, 7) is 8.92. The summed E-state index contributed by atoms with van der Waals surface area (Å²) < 4.78 is 7.51. The van der Waals surface area contributed by atoms with Gasteiger partial charge in [-0.1, -0.05) is 60.1 Å². The van der Waals surface area contributed by atoms with Crippen LogP contribution in [0.1, 0.15) is 46.7 Å². The molecule has 1 N–H and O–H groups in total. The number of imidazole rings is 1. The number of nitrogens with one attached hydrogen (secondary N) is 1. The van der Waals surface area contributed by atoms with Crippen LogP contribution in [-0.4, -0.2) is 26.6 Å². The van der Waals surface area contributed by atoms with Crippen LogP contribution in [-0.2, 0) is 17.8 Å². The number of aryl methyl sites for hydroxylation is 2. The first-order valence-corrected chi connectivity index (χ1v) is 13.4. The largest absolute Gasteiger partial charge is 0.459 e. The molecule has 0 fully saturated rings. The van der Waals surface area contributed by atoms with Crippen LogP contribution < -0.4 is 5.32 Å². The lowest BCUT2D eigenvalue weighted by molar-refractivity contribution is 0.0378. The number of hydrogen-bond acceptors (Lipinski definition) is 5. The van der Waals surface area contributed by atoms with Crippen LogP contribution in [0.4, 0.5) is 5.82 Å². The Morgan fingerprint density at radius 3 is 2.54 bits per heavy atom. The van der Waals surface area contributed by atoms with Crippen molar-refractivity contribution in [3.63, 3.8) is 0 Å². The van der Waals surface area contributed by atoms with Gasteiger partial charge >= 0.3 is 5.97 Å². The predicted octanol–water partition coefficient (Wildman–Crippen LogP) is 7.59. The normalized spacial score (nSPS) is 11.2. The fourth-order valence-electron chi connectivity index (χ4n) is 4.67. The first-order chi connectivity index (χ1) is 18.8. The molecule has 0 aliphatic heterocycles. The van der Waals surface area contributed by atoms with E-state index in [9.17, 15) is 4.79 Å². The molecule has 7 heteroatoms. The molecule has 0 saturated heterocycles. The minimum absolute atomic E-state index is 0.179. The highest BCUT2D eigenvalue weighted by Gasteiger charge is 2.14. The molecule has 0 unspecified atom stereocenters. The number of benzene rings is 3. The quantitative estimate of drug-likeness (QED) is 0.206. The molecule has 5 rings (SSSR count). The summed E-state index contributed by atoms with van der Waals surface area (Å²) in [7, 11) is 0. The van der Waals surface area contributed by atoms with Crippen molar-refractivity contribution in [1.82, 2.24) is 14.5 Å². The number of hydrogen-bond donors (Lipinski definition) is 1. The molecule has 198 valence electrons. The van der Waals surface area contributed by atoms with Gasteiger partial charge < -0.3 is 14.6 Å². The second-order valence-electron chi connectivity index (χ2n) is 9.94. The van der Waals surface area contributed by atoms with Gasteiger partial charge in [-0.25, -0.2) is 14.8 Å². The first kappa shape index (κ1) is 26.4. The number of carbonyl (C=O) groups is 1. The molecule has 0 spiro atoms. The number of halogens is 1. The van der Waals surface area contributed by atoms with Crippen molar-refractivity contribution in [2.24, 2.45) is 0 Å². The standard InChI is InChI=1S/C32H31ClN4O2/c1-20(2)39-32(38)26-12-13-34-30(17-26)35-18-23-14-21(3)31-29(15-23)37(22(4)36-31)19-27-11-10-25(16-28(27)33)24-8-6-5-7-9-24/h5-17,20H,18-19H2,1-4H3,(H,34,35). The molecule has 39 heavy (non-hydrogen) atoms. The highest BCUT2D eigenvalue weighted by molar-refractivity contribution is 6.31. The molecular weight excluding hydrogens is 508 g/mol. The van der Waals surface area contributed by atoms with Gasteiger partial charge in [-0.05, 0) is 79.8 Å². The summed E-state index contributed by atoms with van der Waals surface area (Å²) >= 11 is 6.76. The van der Waals surface area contributed by atoms with E-state index in [-0.39, 0.29) is 12.1 Å². The van der Waals surface area contributed by atoms with E-state index in [4.69, 9.17) is 21.3 Å². The van der Waals surface area contributed by atoms with Crippen molar-refractivity contribution in [1.29, 1.82) is 0 Å². The Kier molecular flexibility index (Phi) is 7.66. The van der Waals surface area contributed by atoms with E-state index >= 15 is 0 Å². The van der Waals surface area contributed by atoms with Crippen molar-refractivity contribution < 1.29 is 9.53 Å². The smallest absolute Gasteiger partial charge is 0.338 e. The third kappa shape index (κ3) is 5.96. The zero-order chi connectivity index (χ0) is 27.5. The Bertz CT molecular complexity index is 1640. The third-order valence-corrected chi connectivity index (χ3v) is 6.95. The lowest BCUT2D eigenvalue weighted by atomic mass is 10.0. The molecule has 2 aromatic heterocycles. The Morgan fingerprint density at radius 1 is 1.00 bits per heavy atom. The summed E-state index contributed by atoms with van der Waals surface area (Å²) in [5.41, 5.74) is 7.95. The van der Waals surface area contributed by atoms with Crippen LogP contribution in [0.15, 0.2) is 79.0 Å². The van der Waals surface area contributed by atoms with Crippen LogP contribution in [0, 0.1) is 13.8 Å². The Hall–Kier alpha value is -4.16. The molecule has 0 saturated carbocycles. The summed E-state index contributed by atoms with van der Waals surface area (Å²) in [6.07, 6.45) is 1.43. The number of pyridine rings is 1. The molecule has 0 aliphatic rings. The zero-order valence-corrected chi connectivity index (χ0v) is 23.3. The van der Waals surface area contributed by atoms with E-state index in [0.29, 0.717) is 24.5 Å². The number of carbonyl (C=O) groups excluding carboxylic acids is 1. The van der Waals surface area contributed by atoms with Gasteiger partial charge in [0.15, 0.2) is 0 Å². The topological polar surface area (TPSA) is 69.0 Å². The molecule has 0 aliphatic carbocycles. The van der Waals surface area contributed by atoms with E-state index in [0.717, 1.165) is 49.7 Å². The molecule has 0 amide bonds. The average molecular weight is 539 g/mol. The number of anilines is 1. The highest BCUT2D eigenvalue weighted by atomic mass is 35.5. The first-order valence-electron chi connectivity index (χ1n) is 13.0. The maximum atomic E-state index is 12.3. The van der Waals surface area contributed by atoms with Crippen molar-refractivity contribution in [2.45, 2.75) is 46.9 Å². The van der Waals surface area contributed by atoms with E-state index in [1.165, 1.54) is 0 Å². The van der Waals surface area contributed by atoms with Crippen molar-refractivity contribution in [3.05, 3.63) is 112 Å². The minimum atomic E-state index is -0.359. The summed E-state index contributed by atoms with van der Waals surface area (Å²) in [4.78, 5) is 21.5. The van der Waals surface area contributed by atoms with Gasteiger partial charge in [-0.3, -0.25) is 0 Å². The zero-order valence-electron chi connectivity index (χ0n) is 22.5. The Morgan fingerprint density at radius 2 is 1.79 bits per heavy atom. The van der Waals surface area contributed by atoms with Gasteiger partial charge in [0.1, 0.15) is 11.6 Å². The number of rotatable bonds is 8. The molecule has 2 heterocycles. The van der Waals surface area contributed by atoms with Crippen LogP contribution in [0.3, 0.4) is 0 Å². The summed E-state index contributed by atoms with van der Waals surface area (Å²) in [5.74, 6) is 1.18. The van der Waals surface area contributed by atoms with Crippen LogP contribution >= 0.6 is 11.6 Å². The second kappa shape index (κ2) is 11.3. The highest BCUT2D eigenvalue weighted by Crippen LogP contribution is 2.29. The van der Waals surface area contributed by atoms with E-state index < -0.39 is 0 Å². The molecule has 0 radical (unpaired) electrons. The number of fused-ring (bicyclic) bond motifs is 1. The van der Waals surface area contributed by atoms with Gasteiger partial charge in [0.2, 0.25) is 0 Å². The number of aromatic nitrogens is 3. The van der Waals surface area contributed by atoms with Gasteiger partial charge in [-0.15, -0.1) is 0 Å². The van der Waals surface area contributed by atoms with Crippen molar-refractivity contribution in [2.75, 3.05) is 5.32 Å². The molecule has 0 atom stereocenters. The fourth-order valence-corrected chi connectivity index (χ4v) is 4.91. The predicted molar refractivity (Wildman–Crippen MR) is 157 cm³/mol. The minimum Gasteiger partial charge on any atom is -0.459 e. The van der Waals surface area contributed by atoms with E-state index in [2.05, 4.69) is 58.2 Å². The lowest BCUT2D eigenvalue weighted by Gasteiger charge is -2.13. The Balaban J connectivity index is 1.38. The SMILES string of the molecule is Cc1cc(CNc2cc(C(=O)OC(C)C)ccn2)cc2c1nc(C)n2Cc1ccc(-c2ccccc2)cc1Cl. The lowest BCUT2D eigenvalue weighted by Crippen LogP contribution is -2.12. The van der Waals surface area contributed by atoms with Crippen LogP contribution in [0.2, 0.25) is 5.02 Å².